The Morgan fingerprint density at radius 3 is 1.40 bits per heavy atom. The minimum Gasteiger partial charge on any atom is -0.481 e. The Bertz CT molecular complexity index is 767. The van der Waals surface area contributed by atoms with Crippen molar-refractivity contribution in [2.24, 2.45) is 0 Å². The summed E-state index contributed by atoms with van der Waals surface area (Å²) in [4.78, 5) is 71.0. The van der Waals surface area contributed by atoms with E-state index in [-0.39, 0.29) is 23.6 Å². The van der Waals surface area contributed by atoms with Crippen molar-refractivity contribution in [2.45, 2.75) is 40.5 Å². The molecule has 0 amide bonds. The molecule has 0 saturated heterocycles. The molecule has 11 heteroatoms. The second kappa shape index (κ2) is 17.2. The Balaban J connectivity index is -0.000000371. The Morgan fingerprint density at radius 2 is 1.17 bits per heavy atom. The lowest BCUT2D eigenvalue weighted by Crippen LogP contribution is -2.08. The van der Waals surface area contributed by atoms with E-state index in [1.165, 1.54) is 26.8 Å². The first-order valence-electron chi connectivity index (χ1n) is 8.07. The first kappa shape index (κ1) is 30.8. The van der Waals surface area contributed by atoms with Crippen LogP contribution in [0.4, 0.5) is 0 Å². The molecule has 0 aliphatic carbocycles. The van der Waals surface area contributed by atoms with E-state index < -0.39 is 41.7 Å². The maximum absolute atomic E-state index is 10.4. The summed E-state index contributed by atoms with van der Waals surface area (Å²) in [7, 11) is 0. The van der Waals surface area contributed by atoms with Crippen LogP contribution in [0.25, 0.3) is 0 Å². The van der Waals surface area contributed by atoms with Crippen molar-refractivity contribution in [2.75, 3.05) is 0 Å². The van der Waals surface area contributed by atoms with E-state index >= 15 is 0 Å². The summed E-state index contributed by atoms with van der Waals surface area (Å²) < 4.78 is 0. The molecule has 0 spiro atoms. The van der Waals surface area contributed by atoms with Crippen molar-refractivity contribution in [3.8, 4) is 0 Å². The Hall–Kier alpha value is -3.89. The molecular weight excluding hydrogens is 404 g/mol. The van der Waals surface area contributed by atoms with Crippen LogP contribution in [-0.4, -0.2) is 61.7 Å². The molecule has 0 heterocycles. The molecule has 0 atom stereocenters. The van der Waals surface area contributed by atoms with Gasteiger partial charge in [-0.15, -0.1) is 0 Å². The lowest BCUT2D eigenvalue weighted by molar-refractivity contribution is -0.139. The topological polar surface area (TPSA) is 200 Å². The highest BCUT2D eigenvalue weighted by Gasteiger charge is 2.12. The molecule has 0 aliphatic rings. The molecule has 0 bridgehead atoms. The summed E-state index contributed by atoms with van der Waals surface area (Å²) in [6.07, 6.45) is 3.73. The Labute approximate surface area is 172 Å². The van der Waals surface area contributed by atoms with Gasteiger partial charge in [-0.25, -0.2) is 14.4 Å². The summed E-state index contributed by atoms with van der Waals surface area (Å²) >= 11 is 0. The molecule has 0 aromatic heterocycles. The molecule has 0 unspecified atom stereocenters. The number of allylic oxidation sites excluding steroid dienone is 3. The molecule has 0 aromatic rings. The highest BCUT2D eigenvalue weighted by Crippen LogP contribution is 2.01. The molecule has 0 fully saturated rings. The maximum atomic E-state index is 10.4. The number of ketones is 3. The van der Waals surface area contributed by atoms with Crippen molar-refractivity contribution in [1.29, 1.82) is 0 Å². The zero-order chi connectivity index (χ0) is 24.4. The zero-order valence-corrected chi connectivity index (χ0v) is 16.9. The van der Waals surface area contributed by atoms with E-state index in [4.69, 9.17) is 20.4 Å². The Morgan fingerprint density at radius 1 is 0.700 bits per heavy atom. The molecule has 0 aromatic carbocycles. The molecule has 11 nitrogen and oxygen atoms in total. The highest BCUT2D eigenvalue weighted by atomic mass is 16.4. The molecule has 4 N–H and O–H groups in total. The second-order valence-corrected chi connectivity index (χ2v) is 5.55. The van der Waals surface area contributed by atoms with Gasteiger partial charge in [-0.1, -0.05) is 6.08 Å². The van der Waals surface area contributed by atoms with Crippen LogP contribution in [0.5, 0.6) is 0 Å². The summed E-state index contributed by atoms with van der Waals surface area (Å²) in [5.41, 5.74) is -0.336. The van der Waals surface area contributed by atoms with Gasteiger partial charge < -0.3 is 20.4 Å². The number of carbonyl (C=O) groups excluding carboxylic acids is 3. The largest absolute Gasteiger partial charge is 0.481 e. The summed E-state index contributed by atoms with van der Waals surface area (Å²) in [6.45, 7) is 5.26. The van der Waals surface area contributed by atoms with Gasteiger partial charge in [0.15, 0.2) is 11.6 Å². The van der Waals surface area contributed by atoms with Crippen LogP contribution in [0.1, 0.15) is 40.5 Å². The van der Waals surface area contributed by atoms with Crippen LogP contribution < -0.4 is 0 Å². The van der Waals surface area contributed by atoms with Crippen LogP contribution in [0.2, 0.25) is 0 Å². The van der Waals surface area contributed by atoms with Crippen LogP contribution >= 0.6 is 0 Å². The van der Waals surface area contributed by atoms with Crippen LogP contribution in [0, 0.1) is 0 Å². The summed E-state index contributed by atoms with van der Waals surface area (Å²) in [5, 5.41) is 32.9. The average Bonchev–Trinajstić information content (AvgIpc) is 2.53. The van der Waals surface area contributed by atoms with Gasteiger partial charge in [-0.3, -0.25) is 19.2 Å². The van der Waals surface area contributed by atoms with E-state index in [0.29, 0.717) is 0 Å². The monoisotopic (exact) mass is 428 g/mol. The van der Waals surface area contributed by atoms with Gasteiger partial charge in [0.1, 0.15) is 5.78 Å². The first-order valence-corrected chi connectivity index (χ1v) is 8.07. The van der Waals surface area contributed by atoms with Gasteiger partial charge in [0.05, 0.1) is 12.0 Å². The van der Waals surface area contributed by atoms with Crippen molar-refractivity contribution in [1.82, 2.24) is 0 Å². The molecule has 0 rings (SSSR count). The van der Waals surface area contributed by atoms with Gasteiger partial charge in [-0.05, 0) is 39.8 Å². The molecule has 0 saturated carbocycles. The normalized spacial score (nSPS) is 10.7. The first-order chi connectivity index (χ1) is 13.6. The molecule has 30 heavy (non-hydrogen) atoms. The van der Waals surface area contributed by atoms with Gasteiger partial charge in [0.25, 0.3) is 0 Å². The van der Waals surface area contributed by atoms with Crippen molar-refractivity contribution < 1.29 is 54.0 Å². The van der Waals surface area contributed by atoms with Gasteiger partial charge in [-0.2, -0.15) is 0 Å². The number of hydrogen-bond acceptors (Lipinski definition) is 7. The zero-order valence-electron chi connectivity index (χ0n) is 16.9. The van der Waals surface area contributed by atoms with Crippen LogP contribution in [-0.2, 0) is 33.6 Å². The van der Waals surface area contributed by atoms with Gasteiger partial charge in [0.2, 0.25) is 0 Å². The molecule has 166 valence electrons. The van der Waals surface area contributed by atoms with E-state index in [9.17, 15) is 33.6 Å². The maximum Gasteiger partial charge on any atom is 0.332 e. The summed E-state index contributed by atoms with van der Waals surface area (Å²) in [6, 6.07) is 0. The number of carbonyl (C=O) groups is 7. The van der Waals surface area contributed by atoms with E-state index in [1.54, 1.807) is 0 Å². The predicted octanol–water partition coefficient (Wildman–Crippen LogP) is 1.27. The van der Waals surface area contributed by atoms with Crippen LogP contribution in [0.15, 0.2) is 35.5 Å². The highest BCUT2D eigenvalue weighted by molar-refractivity contribution is 6.00. The SMILES string of the molecule is CC(=O)/C=C(/C)C(=O)O.CC(=O)/C=C(/CC(=O)O)C(=O)O.CC(=O)C/C=C/C(=O)O. The Kier molecular flexibility index (Phi) is 17.7. The van der Waals surface area contributed by atoms with Crippen LogP contribution in [0.3, 0.4) is 0 Å². The number of carboxylic acids is 4. The fraction of sp³-hybridized carbons (Fsp3) is 0.316. The third kappa shape index (κ3) is 26.3. The van der Waals surface area contributed by atoms with Gasteiger partial charge >= 0.3 is 23.9 Å². The number of rotatable bonds is 9. The lowest BCUT2D eigenvalue weighted by atomic mass is 10.1. The average molecular weight is 428 g/mol. The smallest absolute Gasteiger partial charge is 0.332 e. The molecule has 0 aliphatic heterocycles. The van der Waals surface area contributed by atoms with E-state index in [2.05, 4.69) is 0 Å². The third-order valence-electron chi connectivity index (χ3n) is 2.42. The standard InChI is InChI=1S/C7H8O5.2C6H8O3/c1-4(8)2-5(7(11)12)3-6(9)10;1-4(6(8)9)3-5(2)7;1-5(7)3-2-4-6(8)9/h2H,3H2,1H3,(H,9,10)(H,11,12);3H,1-2H3,(H,8,9);2,4H,3H2,1H3,(H,8,9)/b5-2-;4-3-;4-2+. The number of hydrogen-bond donors (Lipinski definition) is 4. The van der Waals surface area contributed by atoms with Crippen molar-refractivity contribution in [3.05, 3.63) is 35.5 Å². The minimum absolute atomic E-state index is 0.0347. The summed E-state index contributed by atoms with van der Waals surface area (Å²) in [5.74, 6) is -5.48. The molecular formula is C19H24O11. The fourth-order valence-corrected chi connectivity index (χ4v) is 1.29. The predicted molar refractivity (Wildman–Crippen MR) is 103 cm³/mol. The number of carboxylic acid groups (broad SMARTS) is 4. The second-order valence-electron chi connectivity index (χ2n) is 5.55. The third-order valence-corrected chi connectivity index (χ3v) is 2.42. The lowest BCUT2D eigenvalue weighted by Gasteiger charge is -1.95. The minimum atomic E-state index is -1.38. The van der Waals surface area contributed by atoms with Crippen molar-refractivity contribution >= 4 is 41.2 Å². The number of aliphatic carboxylic acids is 4. The van der Waals surface area contributed by atoms with E-state index in [0.717, 1.165) is 25.2 Å². The fourth-order valence-electron chi connectivity index (χ4n) is 1.29. The van der Waals surface area contributed by atoms with Gasteiger partial charge in [0, 0.05) is 18.1 Å². The number of Topliss-reactive ketones (excluding diaryl/α,β-unsaturated/α-hetero) is 1. The molecule has 0 radical (unpaired) electrons. The van der Waals surface area contributed by atoms with E-state index in [1.807, 2.05) is 0 Å². The van der Waals surface area contributed by atoms with Crippen molar-refractivity contribution in [3.63, 3.8) is 0 Å². The quantitative estimate of drug-likeness (QED) is 0.385.